The maximum absolute atomic E-state index is 13.9. The van der Waals surface area contributed by atoms with Gasteiger partial charge in [0.25, 0.3) is 0 Å². The number of esters is 2. The van der Waals surface area contributed by atoms with E-state index in [9.17, 15) is 9.59 Å². The molecule has 0 N–H and O–H groups in total. The summed E-state index contributed by atoms with van der Waals surface area (Å²) in [5, 5.41) is 0. The van der Waals surface area contributed by atoms with Crippen LogP contribution in [0.3, 0.4) is 0 Å². The molecule has 2 aromatic rings. The molecule has 4 unspecified atom stereocenters. The highest BCUT2D eigenvalue weighted by Gasteiger charge is 2.46. The van der Waals surface area contributed by atoms with Crippen LogP contribution < -0.4 is 0 Å². The molecular formula is C58H50N2O7. The highest BCUT2D eigenvalue weighted by Crippen LogP contribution is 2.45. The molecule has 1 fully saturated rings. The van der Waals surface area contributed by atoms with Crippen LogP contribution in [0.5, 0.6) is 0 Å². The third kappa shape index (κ3) is 16.3. The molecule has 0 aliphatic carbocycles. The number of carbonyl (C=O) groups is 2. The van der Waals surface area contributed by atoms with Crippen LogP contribution in [0.15, 0.2) is 69.5 Å². The number of ether oxygens (including phenoxy) is 3. The van der Waals surface area contributed by atoms with Crippen LogP contribution in [0.1, 0.15) is 115 Å². The number of hydrogen-bond acceptors (Lipinski definition) is 9. The summed E-state index contributed by atoms with van der Waals surface area (Å²) in [6, 6.07) is 0. The van der Waals surface area contributed by atoms with Gasteiger partial charge in [0.15, 0.2) is 11.4 Å². The Hall–Kier alpha value is -8.38. The smallest absolute Gasteiger partial charge is 0.360 e. The molecule has 0 radical (unpaired) electrons. The zero-order valence-electron chi connectivity index (χ0n) is 39.4. The Balaban J connectivity index is 1.76. The average Bonchev–Trinajstić information content (AvgIpc) is 3.59. The zero-order chi connectivity index (χ0) is 48.7. The summed E-state index contributed by atoms with van der Waals surface area (Å²) in [6.45, 7) is 19.4. The fourth-order valence-electron chi connectivity index (χ4n) is 5.69. The molecule has 0 spiro atoms. The lowest BCUT2D eigenvalue weighted by molar-refractivity contribution is -0.0381. The van der Waals surface area contributed by atoms with Crippen LogP contribution in [-0.4, -0.2) is 46.3 Å². The SMILES string of the molecule is CC#CC#CC#CC#CC#CC#CC(C)(C)C(C)(C)C1CC(C#CC#CC#CC#CC)=CC2OC2/C=C/c2nc(co2)C(=O)OC(C(C)(C)C(C)C)C\C=C/C=C/C=C/c2nc(co2)C(=O)O1. The minimum atomic E-state index is -0.850. The van der Waals surface area contributed by atoms with E-state index in [1.807, 2.05) is 52.0 Å². The van der Waals surface area contributed by atoms with E-state index >= 15 is 0 Å². The number of fused-ring (bicyclic) bond motifs is 5. The van der Waals surface area contributed by atoms with Crippen LogP contribution in [0.25, 0.3) is 12.2 Å². The molecule has 1 saturated heterocycles. The van der Waals surface area contributed by atoms with Gasteiger partial charge in [0, 0.05) is 40.7 Å². The maximum atomic E-state index is 13.9. The van der Waals surface area contributed by atoms with Crippen molar-refractivity contribution >= 4 is 24.1 Å². The van der Waals surface area contributed by atoms with E-state index in [-0.39, 0.29) is 47.0 Å². The third-order valence-corrected chi connectivity index (χ3v) is 11.2. The van der Waals surface area contributed by atoms with E-state index in [1.165, 1.54) is 12.5 Å². The molecule has 4 heterocycles. The number of cyclic esters (lactones) is 2. The Kier molecular flexibility index (Phi) is 19.3. The zero-order valence-corrected chi connectivity index (χ0v) is 39.4. The van der Waals surface area contributed by atoms with Crippen molar-refractivity contribution < 1.29 is 32.6 Å². The van der Waals surface area contributed by atoms with Gasteiger partial charge in [-0.05, 0) is 147 Å². The molecule has 2 aliphatic rings. The molecule has 2 aromatic heterocycles. The molecule has 0 amide bonds. The lowest BCUT2D eigenvalue weighted by Crippen LogP contribution is -2.44. The minimum absolute atomic E-state index is 0.0264. The van der Waals surface area contributed by atoms with Gasteiger partial charge in [-0.2, -0.15) is 0 Å². The van der Waals surface area contributed by atoms with Crippen LogP contribution in [0.2, 0.25) is 0 Å². The second kappa shape index (κ2) is 25.2. The van der Waals surface area contributed by atoms with Crippen molar-refractivity contribution in [3.63, 3.8) is 0 Å². The number of epoxide rings is 1. The summed E-state index contributed by atoms with van der Waals surface area (Å²) in [5.74, 6) is 53.8. The molecular weight excluding hydrogens is 837 g/mol. The van der Waals surface area contributed by atoms with Crippen LogP contribution in [0, 0.1) is 141 Å². The van der Waals surface area contributed by atoms with Crippen LogP contribution in [-0.2, 0) is 14.2 Å². The summed E-state index contributed by atoms with van der Waals surface area (Å²) in [7, 11) is 0. The number of rotatable bonds is 4. The van der Waals surface area contributed by atoms with Crippen molar-refractivity contribution in [1.29, 1.82) is 0 Å². The molecule has 9 heteroatoms. The first kappa shape index (κ1) is 51.3. The Morgan fingerprint density at radius 1 is 0.612 bits per heavy atom. The second-order valence-corrected chi connectivity index (χ2v) is 16.7. The largest absolute Gasteiger partial charge is 0.457 e. The number of oxazole rings is 2. The van der Waals surface area contributed by atoms with Gasteiger partial charge >= 0.3 is 11.9 Å². The first-order valence-corrected chi connectivity index (χ1v) is 21.3. The molecule has 334 valence electrons. The number of aromatic nitrogens is 2. The summed E-state index contributed by atoms with van der Waals surface area (Å²) < 4.78 is 29.6. The lowest BCUT2D eigenvalue weighted by atomic mass is 9.64. The van der Waals surface area contributed by atoms with Crippen molar-refractivity contribution in [2.75, 3.05) is 0 Å². The third-order valence-electron chi connectivity index (χ3n) is 11.2. The van der Waals surface area contributed by atoms with Crippen molar-refractivity contribution in [3.05, 3.63) is 83.8 Å². The van der Waals surface area contributed by atoms with E-state index in [2.05, 4.69) is 156 Å². The molecule has 67 heavy (non-hydrogen) atoms. The fraction of sp³-hybridized carbons (Fsp3) is 0.345. The Morgan fingerprint density at radius 2 is 1.12 bits per heavy atom. The molecule has 4 rings (SSSR count). The van der Waals surface area contributed by atoms with Gasteiger partial charge in [0.2, 0.25) is 11.8 Å². The normalized spacial score (nSPS) is 19.7. The van der Waals surface area contributed by atoms with Gasteiger partial charge in [-0.3, -0.25) is 0 Å². The summed E-state index contributed by atoms with van der Waals surface area (Å²) in [4.78, 5) is 36.1. The number of carbonyl (C=O) groups excluding carboxylic acids is 2. The van der Waals surface area contributed by atoms with Gasteiger partial charge in [0.1, 0.15) is 36.9 Å². The van der Waals surface area contributed by atoms with Crippen LogP contribution >= 0.6 is 0 Å². The first-order valence-electron chi connectivity index (χ1n) is 21.3. The predicted octanol–water partition coefficient (Wildman–Crippen LogP) is 8.85. The lowest BCUT2D eigenvalue weighted by Gasteiger charge is -2.43. The van der Waals surface area contributed by atoms with Crippen molar-refractivity contribution in [1.82, 2.24) is 9.97 Å². The van der Waals surface area contributed by atoms with Gasteiger partial charge in [-0.15, -0.1) is 0 Å². The van der Waals surface area contributed by atoms with E-state index in [4.69, 9.17) is 23.0 Å². The number of nitrogens with zero attached hydrogens (tertiary/aromatic N) is 2. The number of hydrogen-bond donors (Lipinski definition) is 0. The van der Waals surface area contributed by atoms with E-state index in [0.29, 0.717) is 12.0 Å². The monoisotopic (exact) mass is 886 g/mol. The quantitative estimate of drug-likeness (QED) is 0.169. The molecule has 2 aliphatic heterocycles. The predicted molar refractivity (Wildman–Crippen MR) is 259 cm³/mol. The highest BCUT2D eigenvalue weighted by molar-refractivity contribution is 5.87. The van der Waals surface area contributed by atoms with Gasteiger partial charge in [-0.25, -0.2) is 19.6 Å². The average molecular weight is 887 g/mol. The first-order chi connectivity index (χ1) is 32.1. The van der Waals surface area contributed by atoms with Crippen molar-refractivity contribution in [2.45, 2.75) is 106 Å². The van der Waals surface area contributed by atoms with E-state index in [1.54, 1.807) is 44.2 Å². The topological polar surface area (TPSA) is 117 Å². The summed E-state index contributed by atoms with van der Waals surface area (Å²) in [5.41, 5.74) is -1.42. The Morgan fingerprint density at radius 3 is 1.69 bits per heavy atom. The molecule has 4 atom stereocenters. The highest BCUT2D eigenvalue weighted by atomic mass is 16.6. The van der Waals surface area contributed by atoms with Crippen LogP contribution in [0.4, 0.5) is 0 Å². The Labute approximate surface area is 396 Å². The van der Waals surface area contributed by atoms with E-state index in [0.717, 1.165) is 0 Å². The van der Waals surface area contributed by atoms with E-state index < -0.39 is 41.1 Å². The van der Waals surface area contributed by atoms with Gasteiger partial charge in [0.05, 0.1) is 0 Å². The van der Waals surface area contributed by atoms with Crippen molar-refractivity contribution in [3.8, 4) is 118 Å². The summed E-state index contributed by atoms with van der Waals surface area (Å²) >= 11 is 0. The Bertz CT molecular complexity index is 3000. The molecule has 0 saturated carbocycles. The standard InChI is InChI=1S/C58H50N2O7/c1-11-13-15-17-19-20-21-22-24-29-33-39-56(5,6)58(9,10)51-41-45(34-30-26-23-18-16-14-12-2)40-49-48(65-49)37-38-53-60-46(43-64-53)54(61)66-50(57(7,8)44(3)4)35-31-27-25-28-32-36-52-59-47(42-63-52)55(62)67-51/h25,27-28,31-32,36-38,40,42-44,48-51H,35,41H2,1-10H3/b28-25+,31-27-,36-32+,38-37+,45-40?. The van der Waals surface area contributed by atoms with Gasteiger partial charge in [-0.1, -0.05) is 95.6 Å². The van der Waals surface area contributed by atoms with Gasteiger partial charge < -0.3 is 23.0 Å². The minimum Gasteiger partial charge on any atom is -0.457 e. The summed E-state index contributed by atoms with van der Waals surface area (Å²) in [6.07, 6.45) is 17.1. The van der Waals surface area contributed by atoms with Crippen molar-refractivity contribution in [2.24, 2.45) is 22.2 Å². The maximum Gasteiger partial charge on any atom is 0.360 e. The second-order valence-electron chi connectivity index (χ2n) is 16.7. The molecule has 9 nitrogen and oxygen atoms in total. The molecule has 0 aromatic carbocycles. The molecule has 4 bridgehead atoms. The fourth-order valence-corrected chi connectivity index (χ4v) is 5.69. The number of allylic oxidation sites excluding steroid dienone is 4.